The van der Waals surface area contributed by atoms with E-state index in [1.807, 2.05) is 37.3 Å². The molecular formula is C24H15N7OS. The lowest BCUT2D eigenvalue weighted by Gasteiger charge is -2.10. The number of hydrogen-bond donors (Lipinski definition) is 1. The summed E-state index contributed by atoms with van der Waals surface area (Å²) in [6.45, 7) is 1.94. The summed E-state index contributed by atoms with van der Waals surface area (Å²) in [5.41, 5.74) is 4.25. The fourth-order valence-electron chi connectivity index (χ4n) is 3.72. The predicted molar refractivity (Wildman–Crippen MR) is 128 cm³/mol. The van der Waals surface area contributed by atoms with Gasteiger partial charge in [-0.15, -0.1) is 11.3 Å². The molecule has 5 aromatic heterocycles. The Bertz CT molecular complexity index is 1710. The molecule has 33 heavy (non-hydrogen) atoms. The first-order valence-corrected chi connectivity index (χ1v) is 11.0. The normalized spacial score (nSPS) is 11.3. The van der Waals surface area contributed by atoms with Crippen molar-refractivity contribution in [3.05, 3.63) is 82.7 Å². The van der Waals surface area contributed by atoms with Crippen molar-refractivity contribution in [2.75, 3.05) is 0 Å². The Morgan fingerprint density at radius 1 is 0.939 bits per heavy atom. The second-order valence-electron chi connectivity index (χ2n) is 7.39. The van der Waals surface area contributed by atoms with Crippen molar-refractivity contribution >= 4 is 33.4 Å². The number of fused-ring (bicyclic) bond motifs is 2. The molecule has 0 saturated heterocycles. The van der Waals surface area contributed by atoms with Gasteiger partial charge in [0.25, 0.3) is 0 Å². The minimum absolute atomic E-state index is 0.240. The number of nitrogens with zero attached hydrogens (tertiary/aromatic N) is 6. The lowest BCUT2D eigenvalue weighted by Crippen LogP contribution is -2.11. The Kier molecular flexibility index (Phi) is 4.48. The summed E-state index contributed by atoms with van der Waals surface area (Å²) in [6, 6.07) is 9.79. The molecule has 6 aromatic rings. The molecule has 0 saturated carbocycles. The van der Waals surface area contributed by atoms with Gasteiger partial charge in [0.1, 0.15) is 5.69 Å². The third kappa shape index (κ3) is 3.35. The molecule has 1 aromatic carbocycles. The number of thiazole rings is 1. The molecule has 0 radical (unpaired) electrons. The molecule has 6 rings (SSSR count). The summed E-state index contributed by atoms with van der Waals surface area (Å²) in [7, 11) is 0. The summed E-state index contributed by atoms with van der Waals surface area (Å²) in [6.07, 6.45) is 9.82. The minimum Gasteiger partial charge on any atom is -0.344 e. The summed E-state index contributed by atoms with van der Waals surface area (Å²) in [5.74, 6) is 0. The van der Waals surface area contributed by atoms with Gasteiger partial charge in [-0.1, -0.05) is 12.1 Å². The second-order valence-corrected chi connectivity index (χ2v) is 8.63. The highest BCUT2D eigenvalue weighted by Crippen LogP contribution is 2.34. The molecule has 0 unspecified atom stereocenters. The average molecular weight is 449 g/mol. The van der Waals surface area contributed by atoms with Crippen LogP contribution in [-0.2, 0) is 0 Å². The van der Waals surface area contributed by atoms with Gasteiger partial charge in [0, 0.05) is 41.9 Å². The minimum atomic E-state index is -0.257. The Balaban J connectivity index is 1.65. The Labute approximate surface area is 191 Å². The number of hydrogen-bond acceptors (Lipinski definition) is 8. The number of pyridine rings is 2. The van der Waals surface area contributed by atoms with E-state index in [1.165, 1.54) is 11.3 Å². The fourth-order valence-corrected chi connectivity index (χ4v) is 4.49. The van der Waals surface area contributed by atoms with Crippen molar-refractivity contribution in [2.24, 2.45) is 0 Å². The number of rotatable bonds is 3. The summed E-state index contributed by atoms with van der Waals surface area (Å²) in [4.78, 5) is 44.1. The van der Waals surface area contributed by atoms with Crippen molar-refractivity contribution in [3.63, 3.8) is 0 Å². The molecule has 0 aliphatic rings. The van der Waals surface area contributed by atoms with Crippen molar-refractivity contribution < 1.29 is 0 Å². The van der Waals surface area contributed by atoms with E-state index < -0.39 is 0 Å². The van der Waals surface area contributed by atoms with E-state index in [9.17, 15) is 4.79 Å². The maximum Gasteiger partial charge on any atom is 0.218 e. The number of aromatic amines is 1. The molecule has 5 heterocycles. The molecule has 158 valence electrons. The standard InChI is InChI=1S/C24H15N7OS/c1-13-28-12-19(33-13)21-20(15-4-5-17-14(9-15)3-2-6-26-17)30-22-23(32)16(10-29-24(22)31-21)18-11-25-7-8-27-18/h2-12H,1H3,(H,29,31,32). The largest absolute Gasteiger partial charge is 0.344 e. The third-order valence-electron chi connectivity index (χ3n) is 5.28. The van der Waals surface area contributed by atoms with E-state index in [0.717, 1.165) is 26.4 Å². The van der Waals surface area contributed by atoms with E-state index in [-0.39, 0.29) is 10.9 Å². The van der Waals surface area contributed by atoms with Crippen LogP contribution >= 0.6 is 11.3 Å². The van der Waals surface area contributed by atoms with Gasteiger partial charge in [-0.2, -0.15) is 0 Å². The summed E-state index contributed by atoms with van der Waals surface area (Å²) >= 11 is 1.53. The van der Waals surface area contributed by atoms with Crippen molar-refractivity contribution in [1.82, 2.24) is 34.9 Å². The van der Waals surface area contributed by atoms with Gasteiger partial charge >= 0.3 is 0 Å². The van der Waals surface area contributed by atoms with Crippen LogP contribution in [0.1, 0.15) is 5.01 Å². The van der Waals surface area contributed by atoms with Gasteiger partial charge in [0.2, 0.25) is 5.43 Å². The first-order valence-electron chi connectivity index (χ1n) is 10.2. The van der Waals surface area contributed by atoms with Crippen LogP contribution in [0.2, 0.25) is 0 Å². The van der Waals surface area contributed by atoms with Crippen LogP contribution < -0.4 is 5.43 Å². The molecule has 9 heteroatoms. The third-order valence-corrected chi connectivity index (χ3v) is 6.20. The molecule has 0 aliphatic carbocycles. The Hall–Kier alpha value is -4.37. The predicted octanol–water partition coefficient (Wildman–Crippen LogP) is 4.42. The van der Waals surface area contributed by atoms with Crippen LogP contribution in [0.4, 0.5) is 0 Å². The number of H-pyrrole nitrogens is 1. The fraction of sp³-hybridized carbons (Fsp3) is 0.0417. The van der Waals surface area contributed by atoms with E-state index in [4.69, 9.17) is 9.97 Å². The quantitative estimate of drug-likeness (QED) is 0.426. The molecular weight excluding hydrogens is 434 g/mol. The molecule has 1 N–H and O–H groups in total. The number of aryl methyl sites for hydroxylation is 1. The van der Waals surface area contributed by atoms with E-state index >= 15 is 0 Å². The number of benzene rings is 1. The highest BCUT2D eigenvalue weighted by atomic mass is 32.1. The maximum atomic E-state index is 13.4. The zero-order chi connectivity index (χ0) is 22.4. The topological polar surface area (TPSA) is 110 Å². The second kappa shape index (κ2) is 7.64. The van der Waals surface area contributed by atoms with Crippen molar-refractivity contribution in [3.8, 4) is 33.1 Å². The van der Waals surface area contributed by atoms with Gasteiger partial charge in [-0.05, 0) is 25.1 Å². The van der Waals surface area contributed by atoms with Crippen LogP contribution in [0.25, 0.3) is 55.2 Å². The molecule has 0 atom stereocenters. The van der Waals surface area contributed by atoms with Crippen molar-refractivity contribution in [1.29, 1.82) is 0 Å². The van der Waals surface area contributed by atoms with Gasteiger partial charge in [-0.25, -0.2) is 15.0 Å². The molecule has 8 nitrogen and oxygen atoms in total. The number of nitrogens with one attached hydrogen (secondary N) is 1. The summed E-state index contributed by atoms with van der Waals surface area (Å²) in [5, 5.41) is 1.90. The first-order chi connectivity index (χ1) is 16.2. The van der Waals surface area contributed by atoms with E-state index in [1.54, 1.807) is 37.2 Å². The Morgan fingerprint density at radius 2 is 1.88 bits per heavy atom. The molecule has 0 fully saturated rings. The first kappa shape index (κ1) is 19.3. The van der Waals surface area contributed by atoms with E-state index in [0.29, 0.717) is 28.3 Å². The molecule has 0 amide bonds. The molecule has 0 aliphatic heterocycles. The average Bonchev–Trinajstić information content (AvgIpc) is 3.30. The van der Waals surface area contributed by atoms with Gasteiger partial charge in [0.05, 0.1) is 38.5 Å². The Morgan fingerprint density at radius 3 is 2.70 bits per heavy atom. The lowest BCUT2D eigenvalue weighted by molar-refractivity contribution is 1.18. The summed E-state index contributed by atoms with van der Waals surface area (Å²) < 4.78 is 0. The van der Waals surface area contributed by atoms with Crippen LogP contribution in [0, 0.1) is 6.92 Å². The van der Waals surface area contributed by atoms with Crippen LogP contribution in [-0.4, -0.2) is 34.9 Å². The zero-order valence-electron chi connectivity index (χ0n) is 17.4. The van der Waals surface area contributed by atoms with Gasteiger partial charge in [0.15, 0.2) is 11.2 Å². The SMILES string of the molecule is Cc1ncc(-c2nc3[nH]cc(-c4cnccn4)c(=O)c3nc2-c2ccc3ncccc3c2)s1. The van der Waals surface area contributed by atoms with Crippen molar-refractivity contribution in [2.45, 2.75) is 6.92 Å². The maximum absolute atomic E-state index is 13.4. The number of aromatic nitrogens is 7. The van der Waals surface area contributed by atoms with Crippen LogP contribution in [0.15, 0.2) is 72.3 Å². The molecule has 0 bridgehead atoms. The van der Waals surface area contributed by atoms with E-state index in [2.05, 4.69) is 24.9 Å². The smallest absolute Gasteiger partial charge is 0.218 e. The van der Waals surface area contributed by atoms with Gasteiger partial charge < -0.3 is 4.98 Å². The highest BCUT2D eigenvalue weighted by molar-refractivity contribution is 7.15. The zero-order valence-corrected chi connectivity index (χ0v) is 18.2. The van der Waals surface area contributed by atoms with Crippen LogP contribution in [0.3, 0.4) is 0 Å². The monoisotopic (exact) mass is 449 g/mol. The molecule has 0 spiro atoms. The van der Waals surface area contributed by atoms with Gasteiger partial charge in [-0.3, -0.25) is 19.7 Å². The highest BCUT2D eigenvalue weighted by Gasteiger charge is 2.19. The lowest BCUT2D eigenvalue weighted by atomic mass is 10.1. The van der Waals surface area contributed by atoms with Crippen LogP contribution in [0.5, 0.6) is 0 Å².